The van der Waals surface area contributed by atoms with E-state index in [1.807, 2.05) is 0 Å². The summed E-state index contributed by atoms with van der Waals surface area (Å²) < 4.78 is 25.8. The third-order valence-corrected chi connectivity index (χ3v) is 5.72. The summed E-state index contributed by atoms with van der Waals surface area (Å²) in [6.07, 6.45) is 0. The number of hydrogen-bond donors (Lipinski definition) is 2. The lowest BCUT2D eigenvalue weighted by atomic mass is 9.96. The molecule has 0 radical (unpaired) electrons. The van der Waals surface area contributed by atoms with Gasteiger partial charge in [0.15, 0.2) is 5.69 Å². The Morgan fingerprint density at radius 3 is 2.90 bits per heavy atom. The monoisotopic (exact) mass is 407 g/mol. The standard InChI is InChI=1S/C21H18FN5O3/c1-24-11-3-10-6-29-9-17(18(10)14(22)4-11)27(2)21(28)16-5-15-19(25-16)12-7-30-8-13(12)20(23)26-15/h3-5,17,25H,6-9H2,2H3,(H2,23,26)/t17-/m1/s1. The Balaban J connectivity index is 1.52. The zero-order chi connectivity index (χ0) is 21.0. The molecule has 8 nitrogen and oxygen atoms in total. The Bertz CT molecular complexity index is 1250. The number of fused-ring (bicyclic) bond motifs is 4. The van der Waals surface area contributed by atoms with Crippen molar-refractivity contribution in [2.24, 2.45) is 0 Å². The molecule has 9 heteroatoms. The number of likely N-dealkylation sites (N-methyl/N-ethyl adjacent to an activating group) is 1. The van der Waals surface area contributed by atoms with Gasteiger partial charge in [-0.25, -0.2) is 14.2 Å². The molecule has 5 rings (SSSR count). The Morgan fingerprint density at radius 1 is 1.30 bits per heavy atom. The lowest BCUT2D eigenvalue weighted by Crippen LogP contribution is -2.37. The number of benzene rings is 1. The molecule has 0 saturated carbocycles. The van der Waals surface area contributed by atoms with E-state index >= 15 is 0 Å². The van der Waals surface area contributed by atoms with Gasteiger partial charge in [-0.2, -0.15) is 0 Å². The predicted molar refractivity (Wildman–Crippen MR) is 106 cm³/mol. The van der Waals surface area contributed by atoms with E-state index in [1.54, 1.807) is 19.2 Å². The molecule has 2 aliphatic heterocycles. The van der Waals surface area contributed by atoms with E-state index < -0.39 is 11.9 Å². The first-order valence-electron chi connectivity index (χ1n) is 9.40. The van der Waals surface area contributed by atoms with Crippen molar-refractivity contribution < 1.29 is 18.7 Å². The van der Waals surface area contributed by atoms with Gasteiger partial charge in [0.25, 0.3) is 5.91 Å². The van der Waals surface area contributed by atoms with Crippen LogP contribution in [0.15, 0.2) is 18.2 Å². The summed E-state index contributed by atoms with van der Waals surface area (Å²) in [6.45, 7) is 8.29. The van der Waals surface area contributed by atoms with Crippen LogP contribution in [-0.2, 0) is 29.3 Å². The number of anilines is 1. The van der Waals surface area contributed by atoms with E-state index in [4.69, 9.17) is 21.8 Å². The second-order valence-electron chi connectivity index (χ2n) is 7.45. The van der Waals surface area contributed by atoms with E-state index in [0.29, 0.717) is 41.4 Å². The number of aromatic amines is 1. The lowest BCUT2D eigenvalue weighted by Gasteiger charge is -2.33. The maximum absolute atomic E-state index is 14.8. The number of rotatable bonds is 2. The molecule has 0 fully saturated rings. The second kappa shape index (κ2) is 6.79. The molecule has 0 unspecified atom stereocenters. The number of carbonyl (C=O) groups excluding carboxylic acids is 1. The van der Waals surface area contributed by atoms with Gasteiger partial charge in [-0.1, -0.05) is 6.07 Å². The minimum atomic E-state index is -0.612. The van der Waals surface area contributed by atoms with Crippen molar-refractivity contribution in [3.63, 3.8) is 0 Å². The van der Waals surface area contributed by atoms with Gasteiger partial charge in [0.05, 0.1) is 50.1 Å². The van der Waals surface area contributed by atoms with Crippen molar-refractivity contribution in [2.75, 3.05) is 19.4 Å². The minimum Gasteiger partial charge on any atom is -0.383 e. The van der Waals surface area contributed by atoms with Crippen LogP contribution >= 0.6 is 0 Å². The van der Waals surface area contributed by atoms with Crippen LogP contribution in [-0.4, -0.2) is 34.4 Å². The third-order valence-electron chi connectivity index (χ3n) is 5.72. The van der Waals surface area contributed by atoms with Crippen LogP contribution in [0, 0.1) is 12.4 Å². The summed E-state index contributed by atoms with van der Waals surface area (Å²) in [4.78, 5) is 25.5. The molecule has 4 heterocycles. The molecule has 1 atom stereocenters. The molecule has 2 aliphatic rings. The van der Waals surface area contributed by atoms with E-state index in [2.05, 4.69) is 14.8 Å². The topological polar surface area (TPSA) is 97.8 Å². The van der Waals surface area contributed by atoms with Crippen molar-refractivity contribution in [2.45, 2.75) is 25.9 Å². The zero-order valence-corrected chi connectivity index (χ0v) is 16.2. The van der Waals surface area contributed by atoms with E-state index in [0.717, 1.165) is 16.6 Å². The van der Waals surface area contributed by atoms with Crippen LogP contribution in [0.3, 0.4) is 0 Å². The summed E-state index contributed by atoms with van der Waals surface area (Å²) in [5, 5.41) is 0. The van der Waals surface area contributed by atoms with Crippen molar-refractivity contribution in [1.82, 2.24) is 14.9 Å². The van der Waals surface area contributed by atoms with Gasteiger partial charge in [0.1, 0.15) is 17.3 Å². The van der Waals surface area contributed by atoms with E-state index in [9.17, 15) is 9.18 Å². The number of halogens is 1. The minimum absolute atomic E-state index is 0.165. The van der Waals surface area contributed by atoms with Gasteiger partial charge in [0, 0.05) is 23.7 Å². The number of aromatic nitrogens is 2. The average molecular weight is 407 g/mol. The highest BCUT2D eigenvalue weighted by atomic mass is 19.1. The van der Waals surface area contributed by atoms with E-state index in [-0.39, 0.29) is 24.8 Å². The van der Waals surface area contributed by atoms with Gasteiger partial charge in [-0.3, -0.25) is 4.79 Å². The number of amides is 1. The van der Waals surface area contributed by atoms with Crippen molar-refractivity contribution in [3.8, 4) is 0 Å². The Hall–Kier alpha value is -3.48. The summed E-state index contributed by atoms with van der Waals surface area (Å²) in [5.74, 6) is -0.435. The fraction of sp³-hybridized carbons (Fsp3) is 0.286. The zero-order valence-electron chi connectivity index (χ0n) is 16.2. The normalized spacial score (nSPS) is 17.4. The number of nitrogen functional groups attached to an aromatic ring is 1. The number of carbonyl (C=O) groups is 1. The largest absolute Gasteiger partial charge is 0.383 e. The van der Waals surface area contributed by atoms with Crippen molar-refractivity contribution in [3.05, 3.63) is 63.4 Å². The summed E-state index contributed by atoms with van der Waals surface area (Å²) in [6, 6.07) is 3.84. The summed E-state index contributed by atoms with van der Waals surface area (Å²) >= 11 is 0. The fourth-order valence-corrected chi connectivity index (χ4v) is 4.17. The molecule has 2 aromatic heterocycles. The molecule has 0 bridgehead atoms. The van der Waals surface area contributed by atoms with Gasteiger partial charge < -0.3 is 25.1 Å². The maximum atomic E-state index is 14.8. The van der Waals surface area contributed by atoms with Crippen LogP contribution in [0.1, 0.15) is 38.8 Å². The molecule has 30 heavy (non-hydrogen) atoms. The fourth-order valence-electron chi connectivity index (χ4n) is 4.17. The first-order valence-corrected chi connectivity index (χ1v) is 9.40. The van der Waals surface area contributed by atoms with Crippen LogP contribution in [0.4, 0.5) is 15.9 Å². The number of hydrogen-bond acceptors (Lipinski definition) is 5. The number of nitrogens with zero attached hydrogens (tertiary/aromatic N) is 3. The molecular formula is C21H18FN5O3. The highest BCUT2D eigenvalue weighted by Gasteiger charge is 2.32. The highest BCUT2D eigenvalue weighted by molar-refractivity contribution is 5.98. The Kier molecular flexibility index (Phi) is 4.20. The molecule has 0 aliphatic carbocycles. The predicted octanol–water partition coefficient (Wildman–Crippen LogP) is 3.21. The molecule has 1 aromatic carbocycles. The molecule has 152 valence electrons. The maximum Gasteiger partial charge on any atom is 0.270 e. The van der Waals surface area contributed by atoms with Crippen molar-refractivity contribution >= 4 is 28.4 Å². The molecule has 3 aromatic rings. The first-order chi connectivity index (χ1) is 14.5. The number of pyridine rings is 1. The van der Waals surface area contributed by atoms with Gasteiger partial charge >= 0.3 is 0 Å². The average Bonchev–Trinajstić information content (AvgIpc) is 3.39. The Morgan fingerprint density at radius 2 is 2.10 bits per heavy atom. The summed E-state index contributed by atoms with van der Waals surface area (Å²) in [7, 11) is 1.61. The molecule has 0 saturated heterocycles. The molecular weight excluding hydrogens is 389 g/mol. The number of nitrogens with two attached hydrogens (primary N) is 1. The first kappa shape index (κ1) is 18.5. The van der Waals surface area contributed by atoms with Crippen LogP contribution < -0.4 is 5.73 Å². The SMILES string of the molecule is [C-]#[N+]c1cc(F)c2c(c1)COC[C@H]2N(C)C(=O)c1cc2nc(N)c3c(c2[nH]1)COC3. The van der Waals surface area contributed by atoms with E-state index in [1.165, 1.54) is 11.0 Å². The smallest absolute Gasteiger partial charge is 0.270 e. The van der Waals surface area contributed by atoms with Crippen LogP contribution in [0.2, 0.25) is 0 Å². The van der Waals surface area contributed by atoms with Gasteiger partial charge in [-0.15, -0.1) is 0 Å². The number of ether oxygens (including phenoxy) is 2. The summed E-state index contributed by atoms with van der Waals surface area (Å²) in [5.41, 5.74) is 10.6. The highest BCUT2D eigenvalue weighted by Crippen LogP contribution is 2.35. The molecule has 3 N–H and O–H groups in total. The quantitative estimate of drug-likeness (QED) is 0.636. The third kappa shape index (κ3) is 2.73. The Labute approximate surface area is 171 Å². The number of H-pyrrole nitrogens is 1. The van der Waals surface area contributed by atoms with Crippen molar-refractivity contribution in [1.29, 1.82) is 0 Å². The van der Waals surface area contributed by atoms with Crippen LogP contribution in [0.25, 0.3) is 15.9 Å². The van der Waals surface area contributed by atoms with Crippen LogP contribution in [0.5, 0.6) is 0 Å². The molecule has 1 amide bonds. The number of nitrogens with one attached hydrogen (secondary N) is 1. The lowest BCUT2D eigenvalue weighted by molar-refractivity contribution is 0.0329. The van der Waals surface area contributed by atoms with Gasteiger partial charge in [0.2, 0.25) is 0 Å². The second-order valence-corrected chi connectivity index (χ2v) is 7.45. The molecule has 0 spiro atoms. The van der Waals surface area contributed by atoms with Gasteiger partial charge in [-0.05, 0) is 17.7 Å².